The second-order valence-corrected chi connectivity index (χ2v) is 5.10. The quantitative estimate of drug-likeness (QED) is 0.596. The number of alkyl halides is 3. The smallest absolute Gasteiger partial charge is 0.318 e. The van der Waals surface area contributed by atoms with Crippen LogP contribution in [0.3, 0.4) is 0 Å². The summed E-state index contributed by atoms with van der Waals surface area (Å²) < 4.78 is 39.8. The molecule has 0 unspecified atom stereocenters. The average Bonchev–Trinajstić information content (AvgIpc) is 2.80. The second kappa shape index (κ2) is 8.81. The summed E-state index contributed by atoms with van der Waals surface area (Å²) in [5, 5.41) is 0. The highest BCUT2D eigenvalue weighted by molar-refractivity contribution is 5.77. The minimum absolute atomic E-state index is 0.278. The van der Waals surface area contributed by atoms with Crippen molar-refractivity contribution in [3.63, 3.8) is 0 Å². The number of nitrogens with zero attached hydrogens (tertiary/aromatic N) is 2. The number of fused-ring (bicyclic) bond motifs is 1. The van der Waals surface area contributed by atoms with E-state index in [2.05, 4.69) is 18.8 Å². The Morgan fingerprint density at radius 1 is 1.14 bits per heavy atom. The van der Waals surface area contributed by atoms with Crippen molar-refractivity contribution < 1.29 is 13.2 Å². The third-order valence-corrected chi connectivity index (χ3v) is 2.61. The van der Waals surface area contributed by atoms with Crippen molar-refractivity contribution in [2.75, 3.05) is 0 Å². The lowest BCUT2D eigenvalue weighted by Gasteiger charge is -2.14. The molecule has 0 aliphatic heterocycles. The van der Waals surface area contributed by atoms with Crippen LogP contribution in [-0.4, -0.2) is 9.55 Å². The Labute approximate surface area is 131 Å². The SMILES string of the molecule is CC.CCC.Cc1ccc2c(c1)nc(C(F)(F)F)n2C(C)C. The van der Waals surface area contributed by atoms with Gasteiger partial charge in [-0.25, -0.2) is 4.98 Å². The van der Waals surface area contributed by atoms with E-state index in [1.165, 1.54) is 11.0 Å². The Bertz CT molecular complexity index is 569. The number of rotatable bonds is 1. The number of aromatic nitrogens is 2. The van der Waals surface area contributed by atoms with Gasteiger partial charge in [-0.3, -0.25) is 0 Å². The zero-order valence-electron chi connectivity index (χ0n) is 14.5. The van der Waals surface area contributed by atoms with E-state index in [1.807, 2.05) is 20.8 Å². The number of benzene rings is 1. The Morgan fingerprint density at radius 3 is 2.05 bits per heavy atom. The molecule has 0 aliphatic carbocycles. The molecule has 0 amide bonds. The van der Waals surface area contributed by atoms with E-state index in [4.69, 9.17) is 0 Å². The minimum atomic E-state index is -4.42. The maximum atomic E-state index is 12.9. The van der Waals surface area contributed by atoms with Gasteiger partial charge in [-0.1, -0.05) is 40.2 Å². The summed E-state index contributed by atoms with van der Waals surface area (Å²) in [4.78, 5) is 3.70. The molecule has 2 aromatic rings. The first-order chi connectivity index (χ1) is 10.2. The van der Waals surface area contributed by atoms with Gasteiger partial charge in [0, 0.05) is 6.04 Å². The fraction of sp³-hybridized carbons (Fsp3) is 0.588. The molecule has 126 valence electrons. The van der Waals surface area contributed by atoms with Crippen LogP contribution in [0.25, 0.3) is 11.0 Å². The molecule has 0 bridgehead atoms. The molecule has 1 aromatic carbocycles. The van der Waals surface area contributed by atoms with Crippen molar-refractivity contribution in [3.8, 4) is 0 Å². The van der Waals surface area contributed by atoms with Gasteiger partial charge in [-0.15, -0.1) is 0 Å². The third kappa shape index (κ3) is 5.04. The topological polar surface area (TPSA) is 17.8 Å². The first-order valence-electron chi connectivity index (χ1n) is 7.78. The molecule has 1 aromatic heterocycles. The molecule has 2 nitrogen and oxygen atoms in total. The molecule has 22 heavy (non-hydrogen) atoms. The second-order valence-electron chi connectivity index (χ2n) is 5.10. The number of imidazole rings is 1. The van der Waals surface area contributed by atoms with Crippen LogP contribution in [-0.2, 0) is 6.18 Å². The molecular weight excluding hydrogens is 289 g/mol. The highest BCUT2D eigenvalue weighted by Gasteiger charge is 2.38. The van der Waals surface area contributed by atoms with Gasteiger partial charge in [-0.05, 0) is 38.5 Å². The van der Waals surface area contributed by atoms with Gasteiger partial charge in [0.2, 0.25) is 5.82 Å². The van der Waals surface area contributed by atoms with E-state index in [0.29, 0.717) is 11.0 Å². The summed E-state index contributed by atoms with van der Waals surface area (Å²) in [6.45, 7) is 13.5. The standard InChI is InChI=1S/C12H13F3N2.C3H8.C2H6/c1-7(2)17-10-5-4-8(3)6-9(10)16-11(17)12(13,14)15;1-3-2;1-2/h4-7H,1-3H3;3H2,1-2H3;1-2H3. The van der Waals surface area contributed by atoms with Crippen molar-refractivity contribution in [2.24, 2.45) is 0 Å². The van der Waals surface area contributed by atoms with E-state index in [0.717, 1.165) is 5.56 Å². The van der Waals surface area contributed by atoms with Crippen LogP contribution in [0.5, 0.6) is 0 Å². The third-order valence-electron chi connectivity index (χ3n) is 2.61. The predicted molar refractivity (Wildman–Crippen MR) is 87.2 cm³/mol. The molecule has 1 heterocycles. The lowest BCUT2D eigenvalue weighted by molar-refractivity contribution is -0.147. The van der Waals surface area contributed by atoms with Crippen molar-refractivity contribution in [2.45, 2.75) is 67.1 Å². The Hall–Kier alpha value is -1.52. The number of hydrogen-bond acceptors (Lipinski definition) is 1. The highest BCUT2D eigenvalue weighted by atomic mass is 19.4. The van der Waals surface area contributed by atoms with Crippen molar-refractivity contribution in [3.05, 3.63) is 29.6 Å². The van der Waals surface area contributed by atoms with Crippen LogP contribution in [0.4, 0.5) is 13.2 Å². The minimum Gasteiger partial charge on any atom is -0.318 e. The number of halogens is 3. The number of hydrogen-bond donors (Lipinski definition) is 0. The molecule has 0 fully saturated rings. The fourth-order valence-electron chi connectivity index (χ4n) is 1.93. The normalized spacial score (nSPS) is 10.9. The molecule has 0 radical (unpaired) electrons. The Morgan fingerprint density at radius 2 is 1.64 bits per heavy atom. The molecule has 5 heteroatoms. The lowest BCUT2D eigenvalue weighted by atomic mass is 10.2. The van der Waals surface area contributed by atoms with Crippen molar-refractivity contribution in [1.29, 1.82) is 0 Å². The Kier molecular flexibility index (Phi) is 8.20. The van der Waals surface area contributed by atoms with E-state index in [9.17, 15) is 13.2 Å². The molecule has 0 saturated heterocycles. The van der Waals surface area contributed by atoms with Gasteiger partial charge in [-0.2, -0.15) is 13.2 Å². The summed E-state index contributed by atoms with van der Waals surface area (Å²) >= 11 is 0. The Balaban J connectivity index is 0.000000789. The van der Waals surface area contributed by atoms with Gasteiger partial charge in [0.05, 0.1) is 11.0 Å². The maximum absolute atomic E-state index is 12.9. The average molecular weight is 316 g/mol. The van der Waals surface area contributed by atoms with Crippen LogP contribution in [0.1, 0.15) is 65.4 Å². The van der Waals surface area contributed by atoms with Crippen LogP contribution in [0, 0.1) is 6.92 Å². The highest BCUT2D eigenvalue weighted by Crippen LogP contribution is 2.33. The maximum Gasteiger partial charge on any atom is 0.449 e. The summed E-state index contributed by atoms with van der Waals surface area (Å²) in [5.74, 6) is -0.826. The van der Waals surface area contributed by atoms with Gasteiger partial charge in [0.1, 0.15) is 0 Å². The summed E-state index contributed by atoms with van der Waals surface area (Å²) in [7, 11) is 0. The fourth-order valence-corrected chi connectivity index (χ4v) is 1.93. The molecule has 0 aliphatic rings. The lowest BCUT2D eigenvalue weighted by Crippen LogP contribution is -2.16. The zero-order valence-corrected chi connectivity index (χ0v) is 14.5. The van der Waals surface area contributed by atoms with E-state index >= 15 is 0 Å². The summed E-state index contributed by atoms with van der Waals surface area (Å²) in [6, 6.07) is 4.87. The first kappa shape index (κ1) is 20.5. The summed E-state index contributed by atoms with van der Waals surface area (Å²) in [5.41, 5.74) is 1.82. The molecule has 0 atom stereocenters. The van der Waals surface area contributed by atoms with Crippen LogP contribution >= 0.6 is 0 Å². The van der Waals surface area contributed by atoms with Crippen LogP contribution in [0.15, 0.2) is 18.2 Å². The van der Waals surface area contributed by atoms with Crippen molar-refractivity contribution in [1.82, 2.24) is 9.55 Å². The van der Waals surface area contributed by atoms with E-state index in [1.54, 1.807) is 32.0 Å². The summed E-state index contributed by atoms with van der Waals surface area (Å²) in [6.07, 6.45) is -3.17. The molecule has 0 saturated carbocycles. The zero-order chi connectivity index (χ0) is 17.5. The first-order valence-corrected chi connectivity index (χ1v) is 7.78. The van der Waals surface area contributed by atoms with Gasteiger partial charge < -0.3 is 4.57 Å². The van der Waals surface area contributed by atoms with E-state index in [-0.39, 0.29) is 6.04 Å². The van der Waals surface area contributed by atoms with Crippen LogP contribution < -0.4 is 0 Å². The molecule has 2 rings (SSSR count). The van der Waals surface area contributed by atoms with Crippen LogP contribution in [0.2, 0.25) is 0 Å². The molecule has 0 spiro atoms. The van der Waals surface area contributed by atoms with Gasteiger partial charge in [0.25, 0.3) is 0 Å². The van der Waals surface area contributed by atoms with E-state index < -0.39 is 12.0 Å². The largest absolute Gasteiger partial charge is 0.449 e. The number of aryl methyl sites for hydroxylation is 1. The monoisotopic (exact) mass is 316 g/mol. The van der Waals surface area contributed by atoms with Gasteiger partial charge in [0.15, 0.2) is 0 Å². The predicted octanol–water partition coefficient (Wildman–Crippen LogP) is 6.39. The van der Waals surface area contributed by atoms with Crippen molar-refractivity contribution >= 4 is 11.0 Å². The molecule has 0 N–H and O–H groups in total. The molecular formula is C17H27F3N2. The van der Waals surface area contributed by atoms with Gasteiger partial charge >= 0.3 is 6.18 Å².